The van der Waals surface area contributed by atoms with Crippen LogP contribution in [0.15, 0.2) is 121 Å². The van der Waals surface area contributed by atoms with E-state index in [9.17, 15) is 4.79 Å². The molecule has 0 saturated carbocycles. The minimum Gasteiger partial charge on any atom is -0.342 e. The standard InChI is InChI=1S/C33H34N2O/c36-32(23-31(27-13-5-1-6-14-27)28-15-7-2-8-16-28)35-22-21-26(25-35)24-34-33(29-17-9-3-10-18-29)30-19-11-4-12-20-30/h1-20,26,31,33-34H,21-25H2. The number of nitrogens with one attached hydrogen (secondary N) is 1. The molecule has 3 nitrogen and oxygen atoms in total. The van der Waals surface area contributed by atoms with Crippen LogP contribution in [-0.4, -0.2) is 30.4 Å². The topological polar surface area (TPSA) is 32.3 Å². The maximum Gasteiger partial charge on any atom is 0.223 e. The zero-order valence-corrected chi connectivity index (χ0v) is 20.7. The van der Waals surface area contributed by atoms with Crippen LogP contribution in [0.3, 0.4) is 0 Å². The van der Waals surface area contributed by atoms with E-state index in [1.807, 2.05) is 12.1 Å². The smallest absolute Gasteiger partial charge is 0.223 e. The third-order valence-electron chi connectivity index (χ3n) is 7.30. The van der Waals surface area contributed by atoms with Crippen molar-refractivity contribution in [2.24, 2.45) is 5.92 Å². The van der Waals surface area contributed by atoms with Gasteiger partial charge in [0.05, 0.1) is 6.04 Å². The third kappa shape index (κ3) is 5.92. The Kier molecular flexibility index (Phi) is 7.89. The molecule has 1 amide bonds. The first-order chi connectivity index (χ1) is 17.8. The zero-order chi connectivity index (χ0) is 24.6. The third-order valence-corrected chi connectivity index (χ3v) is 7.30. The number of benzene rings is 4. The number of hydrogen-bond donors (Lipinski definition) is 1. The van der Waals surface area contributed by atoms with Crippen molar-refractivity contribution in [1.29, 1.82) is 0 Å². The van der Waals surface area contributed by atoms with Crippen LogP contribution in [0, 0.1) is 5.92 Å². The van der Waals surface area contributed by atoms with Crippen LogP contribution in [0.5, 0.6) is 0 Å². The molecule has 4 aromatic rings. The van der Waals surface area contributed by atoms with Crippen molar-refractivity contribution in [3.05, 3.63) is 144 Å². The van der Waals surface area contributed by atoms with Crippen molar-refractivity contribution in [1.82, 2.24) is 10.2 Å². The molecular weight excluding hydrogens is 440 g/mol. The Balaban J connectivity index is 1.23. The summed E-state index contributed by atoms with van der Waals surface area (Å²) in [5.74, 6) is 0.784. The van der Waals surface area contributed by atoms with Gasteiger partial charge in [0, 0.05) is 32.0 Å². The number of hydrogen-bond acceptors (Lipinski definition) is 2. The van der Waals surface area contributed by atoms with Crippen LogP contribution in [0.1, 0.15) is 47.1 Å². The Bertz CT molecular complexity index is 1130. The van der Waals surface area contributed by atoms with Gasteiger partial charge in [-0.1, -0.05) is 121 Å². The summed E-state index contributed by atoms with van der Waals surface area (Å²) >= 11 is 0. The van der Waals surface area contributed by atoms with Gasteiger partial charge < -0.3 is 10.2 Å². The molecular formula is C33H34N2O. The summed E-state index contributed by atoms with van der Waals surface area (Å²) in [5.41, 5.74) is 4.93. The lowest BCUT2D eigenvalue weighted by Gasteiger charge is -2.24. The summed E-state index contributed by atoms with van der Waals surface area (Å²) in [7, 11) is 0. The summed E-state index contributed by atoms with van der Waals surface area (Å²) in [5, 5.41) is 3.81. The molecule has 36 heavy (non-hydrogen) atoms. The number of nitrogens with zero attached hydrogens (tertiary/aromatic N) is 1. The van der Waals surface area contributed by atoms with Gasteiger partial charge in [0.1, 0.15) is 0 Å². The molecule has 5 rings (SSSR count). The number of carbonyl (C=O) groups is 1. The second-order valence-corrected chi connectivity index (χ2v) is 9.74. The van der Waals surface area contributed by atoms with E-state index in [1.165, 1.54) is 22.3 Å². The van der Waals surface area contributed by atoms with Crippen molar-refractivity contribution in [3.8, 4) is 0 Å². The van der Waals surface area contributed by atoms with Crippen molar-refractivity contribution in [3.63, 3.8) is 0 Å². The van der Waals surface area contributed by atoms with Gasteiger partial charge in [-0.25, -0.2) is 0 Å². The molecule has 0 aromatic heterocycles. The molecule has 1 unspecified atom stereocenters. The minimum atomic E-state index is 0.0811. The Morgan fingerprint density at radius 2 is 1.14 bits per heavy atom. The highest BCUT2D eigenvalue weighted by Gasteiger charge is 2.29. The maximum absolute atomic E-state index is 13.4. The van der Waals surface area contributed by atoms with E-state index in [0.717, 1.165) is 26.1 Å². The first-order valence-electron chi connectivity index (χ1n) is 13.0. The second kappa shape index (κ2) is 11.8. The van der Waals surface area contributed by atoms with Crippen molar-refractivity contribution in [2.45, 2.75) is 24.8 Å². The van der Waals surface area contributed by atoms with Crippen LogP contribution < -0.4 is 5.32 Å². The summed E-state index contributed by atoms with van der Waals surface area (Å²) in [6.45, 7) is 2.54. The fourth-order valence-electron chi connectivity index (χ4n) is 5.33. The van der Waals surface area contributed by atoms with Crippen molar-refractivity contribution < 1.29 is 4.79 Å². The molecule has 1 fully saturated rings. The molecule has 4 aromatic carbocycles. The van der Waals surface area contributed by atoms with Gasteiger partial charge in [-0.2, -0.15) is 0 Å². The number of amides is 1. The van der Waals surface area contributed by atoms with Gasteiger partial charge in [-0.15, -0.1) is 0 Å². The summed E-state index contributed by atoms with van der Waals surface area (Å²) < 4.78 is 0. The second-order valence-electron chi connectivity index (χ2n) is 9.74. The first-order valence-corrected chi connectivity index (χ1v) is 13.0. The lowest BCUT2D eigenvalue weighted by molar-refractivity contribution is -0.130. The van der Waals surface area contributed by atoms with Crippen molar-refractivity contribution >= 4 is 5.91 Å². The largest absolute Gasteiger partial charge is 0.342 e. The molecule has 1 atom stereocenters. The molecule has 1 aliphatic rings. The zero-order valence-electron chi connectivity index (χ0n) is 20.7. The number of likely N-dealkylation sites (tertiary alicyclic amines) is 1. The molecule has 0 radical (unpaired) electrons. The quantitative estimate of drug-likeness (QED) is 0.303. The van der Waals surface area contributed by atoms with Crippen LogP contribution in [-0.2, 0) is 4.79 Å². The monoisotopic (exact) mass is 474 g/mol. The average Bonchev–Trinajstić information content (AvgIpc) is 3.43. The number of carbonyl (C=O) groups excluding carboxylic acids is 1. The van der Waals surface area contributed by atoms with Gasteiger partial charge in [-0.3, -0.25) is 4.79 Å². The SMILES string of the molecule is O=C(CC(c1ccccc1)c1ccccc1)N1CCC(CNC(c2ccccc2)c2ccccc2)C1. The van der Waals surface area contributed by atoms with E-state index >= 15 is 0 Å². The fraction of sp³-hybridized carbons (Fsp3) is 0.242. The molecule has 0 aliphatic carbocycles. The molecule has 1 saturated heterocycles. The number of rotatable bonds is 9. The Hall–Kier alpha value is -3.69. The Labute approximate surface area is 214 Å². The Morgan fingerprint density at radius 1 is 0.694 bits per heavy atom. The van der Waals surface area contributed by atoms with Crippen LogP contribution >= 0.6 is 0 Å². The molecule has 0 bridgehead atoms. The predicted octanol–water partition coefficient (Wildman–Crippen LogP) is 6.44. The molecule has 0 spiro atoms. The fourth-order valence-corrected chi connectivity index (χ4v) is 5.33. The van der Waals surface area contributed by atoms with Gasteiger partial charge in [0.25, 0.3) is 0 Å². The molecule has 1 heterocycles. The van der Waals surface area contributed by atoms with Gasteiger partial charge in [0.15, 0.2) is 0 Å². The lowest BCUT2D eigenvalue weighted by Crippen LogP contribution is -2.33. The van der Waals surface area contributed by atoms with E-state index in [1.54, 1.807) is 0 Å². The average molecular weight is 475 g/mol. The predicted molar refractivity (Wildman–Crippen MR) is 147 cm³/mol. The van der Waals surface area contributed by atoms with Crippen LogP contribution in [0.25, 0.3) is 0 Å². The lowest BCUT2D eigenvalue weighted by atomic mass is 9.88. The highest BCUT2D eigenvalue weighted by Crippen LogP contribution is 2.30. The first kappa shape index (κ1) is 24.0. The van der Waals surface area contributed by atoms with E-state index < -0.39 is 0 Å². The summed E-state index contributed by atoms with van der Waals surface area (Å²) in [6.07, 6.45) is 1.54. The van der Waals surface area contributed by atoms with Crippen LogP contribution in [0.4, 0.5) is 0 Å². The molecule has 1 aliphatic heterocycles. The van der Waals surface area contributed by atoms with E-state index in [2.05, 4.69) is 119 Å². The van der Waals surface area contributed by atoms with Crippen molar-refractivity contribution in [2.75, 3.05) is 19.6 Å². The molecule has 182 valence electrons. The van der Waals surface area contributed by atoms with E-state index in [-0.39, 0.29) is 17.9 Å². The van der Waals surface area contributed by atoms with Gasteiger partial charge >= 0.3 is 0 Å². The van der Waals surface area contributed by atoms with Gasteiger partial charge in [-0.05, 0) is 34.6 Å². The van der Waals surface area contributed by atoms with E-state index in [0.29, 0.717) is 12.3 Å². The van der Waals surface area contributed by atoms with Crippen LogP contribution in [0.2, 0.25) is 0 Å². The maximum atomic E-state index is 13.4. The minimum absolute atomic E-state index is 0.0811. The Morgan fingerprint density at radius 3 is 1.61 bits per heavy atom. The van der Waals surface area contributed by atoms with Gasteiger partial charge in [0.2, 0.25) is 5.91 Å². The highest BCUT2D eigenvalue weighted by atomic mass is 16.2. The molecule has 3 heteroatoms. The van der Waals surface area contributed by atoms with E-state index in [4.69, 9.17) is 0 Å². The normalized spacial score (nSPS) is 15.5. The summed E-state index contributed by atoms with van der Waals surface area (Å²) in [6, 6.07) is 42.2. The highest BCUT2D eigenvalue weighted by molar-refractivity contribution is 5.78. The summed E-state index contributed by atoms with van der Waals surface area (Å²) in [4.78, 5) is 15.5. The molecule has 1 N–H and O–H groups in total.